The van der Waals surface area contributed by atoms with Gasteiger partial charge in [0.25, 0.3) is 0 Å². The maximum absolute atomic E-state index is 6.25. The molecule has 0 unspecified atom stereocenters. The van der Waals surface area contributed by atoms with Crippen molar-refractivity contribution in [3.63, 3.8) is 0 Å². The van der Waals surface area contributed by atoms with Gasteiger partial charge in [-0.1, -0.05) is 123 Å². The Bertz CT molecular complexity index is 2400. The van der Waals surface area contributed by atoms with Gasteiger partial charge in [0.1, 0.15) is 11.2 Å². The van der Waals surface area contributed by atoms with Crippen molar-refractivity contribution in [2.45, 2.75) is 19.3 Å². The van der Waals surface area contributed by atoms with Crippen LogP contribution in [0.25, 0.3) is 55.0 Å². The van der Waals surface area contributed by atoms with Crippen LogP contribution in [0.1, 0.15) is 25.0 Å². The van der Waals surface area contributed by atoms with Crippen LogP contribution in [0.3, 0.4) is 0 Å². The maximum Gasteiger partial charge on any atom is 0.135 e. The molecule has 0 bridgehead atoms. The Hall–Kier alpha value is -5.60. The fourth-order valence-corrected chi connectivity index (χ4v) is 7.53. The van der Waals surface area contributed by atoms with Crippen LogP contribution >= 0.6 is 0 Å². The number of hydrogen-bond acceptors (Lipinski definition) is 2. The molecule has 2 heteroatoms. The predicted molar refractivity (Wildman–Crippen MR) is 189 cm³/mol. The van der Waals surface area contributed by atoms with Gasteiger partial charge in [0, 0.05) is 33.1 Å². The molecule has 0 saturated heterocycles. The molecule has 1 aromatic heterocycles. The van der Waals surface area contributed by atoms with Gasteiger partial charge in [-0.2, -0.15) is 0 Å². The Morgan fingerprint density at radius 2 is 1.16 bits per heavy atom. The fourth-order valence-electron chi connectivity index (χ4n) is 7.53. The molecular formula is C43H31NO. The Morgan fingerprint density at radius 3 is 2.00 bits per heavy atom. The lowest BCUT2D eigenvalue weighted by Gasteiger charge is -2.30. The third-order valence-corrected chi connectivity index (χ3v) is 9.62. The molecule has 0 atom stereocenters. The zero-order valence-electron chi connectivity index (χ0n) is 25.3. The molecule has 214 valence electrons. The van der Waals surface area contributed by atoms with Crippen LogP contribution in [0.2, 0.25) is 0 Å². The van der Waals surface area contributed by atoms with E-state index in [0.29, 0.717) is 0 Å². The van der Waals surface area contributed by atoms with E-state index in [2.05, 4.69) is 158 Å². The van der Waals surface area contributed by atoms with Crippen molar-refractivity contribution in [1.82, 2.24) is 0 Å². The van der Waals surface area contributed by atoms with E-state index in [0.717, 1.165) is 33.3 Å². The topological polar surface area (TPSA) is 16.4 Å². The van der Waals surface area contributed by atoms with Crippen molar-refractivity contribution in [2.24, 2.45) is 0 Å². The van der Waals surface area contributed by atoms with E-state index in [1.165, 1.54) is 49.8 Å². The minimum absolute atomic E-state index is 0.144. The first-order chi connectivity index (χ1) is 22.1. The van der Waals surface area contributed by atoms with Crippen molar-refractivity contribution in [3.05, 3.63) is 163 Å². The minimum atomic E-state index is -0.144. The molecule has 0 fully saturated rings. The van der Waals surface area contributed by atoms with E-state index in [1.807, 2.05) is 12.1 Å². The van der Waals surface area contributed by atoms with E-state index < -0.39 is 0 Å². The largest absolute Gasteiger partial charge is 0.456 e. The summed E-state index contributed by atoms with van der Waals surface area (Å²) in [5.41, 5.74) is 12.8. The molecule has 0 amide bonds. The first-order valence-electron chi connectivity index (χ1n) is 15.6. The van der Waals surface area contributed by atoms with Gasteiger partial charge in [0.15, 0.2) is 0 Å². The molecule has 0 radical (unpaired) electrons. The molecule has 1 heterocycles. The van der Waals surface area contributed by atoms with Crippen LogP contribution in [-0.2, 0) is 5.41 Å². The molecule has 7 aromatic carbocycles. The maximum atomic E-state index is 6.25. The zero-order chi connectivity index (χ0) is 30.1. The van der Waals surface area contributed by atoms with Gasteiger partial charge >= 0.3 is 0 Å². The highest BCUT2D eigenvalue weighted by atomic mass is 16.3. The SMILES string of the molecule is CC1(C)c2ccccc2-c2c(N(c3ccc(-c4ccccc4)cc3)c3ccc4oc5ccccc5c4c3)cc3ccccc3c21. The number of para-hydroxylation sites is 1. The summed E-state index contributed by atoms with van der Waals surface area (Å²) in [5.74, 6) is 0. The van der Waals surface area contributed by atoms with Crippen molar-refractivity contribution in [3.8, 4) is 22.3 Å². The third kappa shape index (κ3) is 3.89. The van der Waals surface area contributed by atoms with E-state index in [1.54, 1.807) is 0 Å². The summed E-state index contributed by atoms with van der Waals surface area (Å²) >= 11 is 0. The summed E-state index contributed by atoms with van der Waals surface area (Å²) in [6, 6.07) is 54.7. The van der Waals surface area contributed by atoms with Gasteiger partial charge < -0.3 is 9.32 Å². The molecule has 0 saturated carbocycles. The summed E-state index contributed by atoms with van der Waals surface area (Å²) in [5, 5.41) is 4.80. The number of nitrogens with zero attached hydrogens (tertiary/aromatic N) is 1. The van der Waals surface area contributed by atoms with Crippen LogP contribution in [0.5, 0.6) is 0 Å². The highest BCUT2D eigenvalue weighted by Crippen LogP contribution is 2.56. The second-order valence-electron chi connectivity index (χ2n) is 12.6. The van der Waals surface area contributed by atoms with E-state index >= 15 is 0 Å². The van der Waals surface area contributed by atoms with Crippen LogP contribution in [0, 0.1) is 0 Å². The highest BCUT2D eigenvalue weighted by molar-refractivity contribution is 6.09. The molecule has 45 heavy (non-hydrogen) atoms. The average molecular weight is 578 g/mol. The Balaban J connectivity index is 1.35. The Kier molecular flexibility index (Phi) is 5.58. The van der Waals surface area contributed by atoms with Gasteiger partial charge in [-0.05, 0) is 81.1 Å². The van der Waals surface area contributed by atoms with Gasteiger partial charge in [-0.25, -0.2) is 0 Å². The summed E-state index contributed by atoms with van der Waals surface area (Å²) in [6.45, 7) is 4.74. The first kappa shape index (κ1) is 25.9. The first-order valence-corrected chi connectivity index (χ1v) is 15.6. The average Bonchev–Trinajstić information content (AvgIpc) is 3.58. The van der Waals surface area contributed by atoms with Gasteiger partial charge in [0.2, 0.25) is 0 Å². The van der Waals surface area contributed by atoms with E-state index in [-0.39, 0.29) is 5.41 Å². The van der Waals surface area contributed by atoms with Gasteiger partial charge in [-0.3, -0.25) is 0 Å². The van der Waals surface area contributed by atoms with Crippen molar-refractivity contribution in [1.29, 1.82) is 0 Å². The number of hydrogen-bond donors (Lipinski definition) is 0. The number of furan rings is 1. The third-order valence-electron chi connectivity index (χ3n) is 9.62. The summed E-state index contributed by atoms with van der Waals surface area (Å²) in [4.78, 5) is 2.44. The number of anilines is 3. The van der Waals surface area contributed by atoms with Gasteiger partial charge in [0.05, 0.1) is 5.69 Å². The van der Waals surface area contributed by atoms with Crippen molar-refractivity contribution < 1.29 is 4.42 Å². The number of fused-ring (bicyclic) bond motifs is 8. The molecule has 0 N–H and O–H groups in total. The highest BCUT2D eigenvalue weighted by Gasteiger charge is 2.39. The van der Waals surface area contributed by atoms with Crippen LogP contribution in [0.15, 0.2) is 156 Å². The normalized spacial score (nSPS) is 13.3. The molecule has 1 aliphatic carbocycles. The summed E-state index contributed by atoms with van der Waals surface area (Å²) in [6.07, 6.45) is 0. The lowest BCUT2D eigenvalue weighted by molar-refractivity contribution is 0.666. The fraction of sp³-hybridized carbons (Fsp3) is 0.0698. The summed E-state index contributed by atoms with van der Waals surface area (Å²) in [7, 11) is 0. The molecule has 0 spiro atoms. The monoisotopic (exact) mass is 577 g/mol. The van der Waals surface area contributed by atoms with Crippen molar-refractivity contribution >= 4 is 49.8 Å². The zero-order valence-corrected chi connectivity index (χ0v) is 25.3. The lowest BCUT2D eigenvalue weighted by atomic mass is 9.80. The molecule has 2 nitrogen and oxygen atoms in total. The Labute approximate surface area is 262 Å². The number of rotatable bonds is 4. The summed E-state index contributed by atoms with van der Waals surface area (Å²) < 4.78 is 6.25. The standard InChI is InChI=1S/C43H31NO/c1-43(2)37-18-10-8-17-35(37)41-38(26-30-14-6-7-15-33(30)42(41)43)44(31-22-20-29(21-23-31)28-12-4-3-5-13-28)32-24-25-40-36(27-32)34-16-9-11-19-39(34)45-40/h3-27H,1-2H3. The van der Waals surface area contributed by atoms with Crippen molar-refractivity contribution in [2.75, 3.05) is 4.90 Å². The van der Waals surface area contributed by atoms with E-state index in [9.17, 15) is 0 Å². The van der Waals surface area contributed by atoms with Crippen LogP contribution < -0.4 is 4.90 Å². The number of benzene rings is 7. The molecule has 1 aliphatic rings. The lowest BCUT2D eigenvalue weighted by Crippen LogP contribution is -2.16. The molecule has 0 aliphatic heterocycles. The van der Waals surface area contributed by atoms with Gasteiger partial charge in [-0.15, -0.1) is 0 Å². The quantitative estimate of drug-likeness (QED) is 0.207. The minimum Gasteiger partial charge on any atom is -0.456 e. The smallest absolute Gasteiger partial charge is 0.135 e. The molecule has 9 rings (SSSR count). The molecule has 8 aromatic rings. The second kappa shape index (κ2) is 9.70. The van der Waals surface area contributed by atoms with E-state index in [4.69, 9.17) is 4.42 Å². The second-order valence-corrected chi connectivity index (χ2v) is 12.6. The predicted octanol–water partition coefficient (Wildman–Crippen LogP) is 12.2. The van der Waals surface area contributed by atoms with Crippen LogP contribution in [-0.4, -0.2) is 0 Å². The Morgan fingerprint density at radius 1 is 0.511 bits per heavy atom. The van der Waals surface area contributed by atoms with Crippen LogP contribution in [0.4, 0.5) is 17.1 Å². The molecular weight excluding hydrogens is 546 g/mol.